The first-order valence-corrected chi connectivity index (χ1v) is 4.66. The van der Waals surface area contributed by atoms with E-state index in [4.69, 9.17) is 0 Å². The molecule has 1 aliphatic carbocycles. The second-order valence-electron chi connectivity index (χ2n) is 3.35. The minimum atomic E-state index is 0.662. The fraction of sp³-hybridized carbons (Fsp3) is 0.333. The first-order valence-electron chi connectivity index (χ1n) is 4.66. The maximum atomic E-state index is 2.34. The van der Waals surface area contributed by atoms with Crippen molar-refractivity contribution in [3.8, 4) is 0 Å². The molecule has 0 nitrogen and oxygen atoms in total. The van der Waals surface area contributed by atoms with Gasteiger partial charge in [-0.1, -0.05) is 43.3 Å². The molecule has 0 saturated carbocycles. The Balaban J connectivity index is 2.43. The van der Waals surface area contributed by atoms with Gasteiger partial charge in [0.1, 0.15) is 0 Å². The van der Waals surface area contributed by atoms with Crippen LogP contribution in [0.5, 0.6) is 0 Å². The quantitative estimate of drug-likeness (QED) is 0.550. The van der Waals surface area contributed by atoms with Gasteiger partial charge in [-0.25, -0.2) is 0 Å². The topological polar surface area (TPSA) is 0 Å². The van der Waals surface area contributed by atoms with Crippen molar-refractivity contribution in [2.75, 3.05) is 0 Å². The van der Waals surface area contributed by atoms with Crippen LogP contribution in [0.2, 0.25) is 0 Å². The highest BCUT2D eigenvalue weighted by Gasteiger charge is 2.12. The Morgan fingerprint density at radius 2 is 2.17 bits per heavy atom. The second kappa shape index (κ2) is 3.14. The number of benzene rings is 1. The van der Waals surface area contributed by atoms with Crippen molar-refractivity contribution in [2.24, 2.45) is 0 Å². The Kier molecular flexibility index (Phi) is 1.99. The fourth-order valence-electron chi connectivity index (χ4n) is 1.90. The first kappa shape index (κ1) is 7.60. The van der Waals surface area contributed by atoms with Gasteiger partial charge in [-0.3, -0.25) is 0 Å². The molecular formula is C12H14. The Hall–Kier alpha value is -1.04. The van der Waals surface area contributed by atoms with Gasteiger partial charge >= 0.3 is 0 Å². The van der Waals surface area contributed by atoms with Crippen LogP contribution in [0.3, 0.4) is 0 Å². The van der Waals surface area contributed by atoms with Crippen LogP contribution in [0.15, 0.2) is 36.4 Å². The molecule has 0 N–H and O–H groups in total. The molecular weight excluding hydrogens is 144 g/mol. The average molecular weight is 158 g/mol. The number of fused-ring (bicyclic) bond motifs is 1. The minimum absolute atomic E-state index is 0.662. The predicted octanol–water partition coefficient (Wildman–Crippen LogP) is 3.29. The Morgan fingerprint density at radius 3 is 3.00 bits per heavy atom. The molecule has 1 unspecified atom stereocenters. The van der Waals surface area contributed by atoms with Crippen molar-refractivity contribution in [3.05, 3.63) is 47.5 Å². The van der Waals surface area contributed by atoms with Gasteiger partial charge in [0.15, 0.2) is 0 Å². The summed E-state index contributed by atoms with van der Waals surface area (Å²) in [5.74, 6) is 0.662. The monoisotopic (exact) mass is 158 g/mol. The van der Waals surface area contributed by atoms with Gasteiger partial charge in [0.05, 0.1) is 0 Å². The lowest BCUT2D eigenvalue weighted by atomic mass is 9.86. The standard InChI is InChI=1S/C12H14/c1-2-10-7-5-8-11-6-3-4-9-12(10)11/h3-7,9-10H,2,8H2,1H3. The SMILES string of the molecule is CCC1C=CCc2ccccc21. The summed E-state index contributed by atoms with van der Waals surface area (Å²) in [7, 11) is 0. The molecule has 0 amide bonds. The van der Waals surface area contributed by atoms with Crippen LogP contribution >= 0.6 is 0 Å². The molecule has 1 aliphatic rings. The summed E-state index contributed by atoms with van der Waals surface area (Å²) in [4.78, 5) is 0. The van der Waals surface area contributed by atoms with E-state index in [0.717, 1.165) is 6.42 Å². The molecule has 0 heterocycles. The maximum absolute atomic E-state index is 2.34. The maximum Gasteiger partial charge on any atom is 0.00183 e. The van der Waals surface area contributed by atoms with Crippen molar-refractivity contribution in [3.63, 3.8) is 0 Å². The highest BCUT2D eigenvalue weighted by molar-refractivity contribution is 5.37. The Bertz CT molecular complexity index is 297. The predicted molar refractivity (Wildman–Crippen MR) is 52.3 cm³/mol. The van der Waals surface area contributed by atoms with Crippen molar-refractivity contribution >= 4 is 0 Å². The third-order valence-electron chi connectivity index (χ3n) is 2.60. The van der Waals surface area contributed by atoms with Gasteiger partial charge in [-0.05, 0) is 24.0 Å². The van der Waals surface area contributed by atoms with E-state index in [2.05, 4.69) is 43.3 Å². The van der Waals surface area contributed by atoms with E-state index >= 15 is 0 Å². The molecule has 0 heteroatoms. The zero-order valence-electron chi connectivity index (χ0n) is 7.46. The summed E-state index contributed by atoms with van der Waals surface area (Å²) < 4.78 is 0. The lowest BCUT2D eigenvalue weighted by Gasteiger charge is -2.18. The molecule has 1 aromatic carbocycles. The van der Waals surface area contributed by atoms with Crippen LogP contribution in [-0.2, 0) is 6.42 Å². The first-order chi connectivity index (χ1) is 5.92. The third kappa shape index (κ3) is 1.18. The molecule has 1 aromatic rings. The van der Waals surface area contributed by atoms with Crippen LogP contribution in [0.25, 0.3) is 0 Å². The lowest BCUT2D eigenvalue weighted by Crippen LogP contribution is -2.03. The molecule has 0 saturated heterocycles. The van der Waals surface area contributed by atoms with Gasteiger partial charge in [-0.15, -0.1) is 0 Å². The molecule has 0 bridgehead atoms. The molecule has 2 rings (SSSR count). The Morgan fingerprint density at radius 1 is 1.33 bits per heavy atom. The van der Waals surface area contributed by atoms with E-state index in [1.807, 2.05) is 0 Å². The molecule has 62 valence electrons. The van der Waals surface area contributed by atoms with Crippen molar-refractivity contribution in [1.82, 2.24) is 0 Å². The number of hydrogen-bond acceptors (Lipinski definition) is 0. The molecule has 0 fully saturated rings. The zero-order valence-corrected chi connectivity index (χ0v) is 7.46. The lowest BCUT2D eigenvalue weighted by molar-refractivity contribution is 0.778. The fourth-order valence-corrected chi connectivity index (χ4v) is 1.90. The minimum Gasteiger partial charge on any atom is -0.0835 e. The summed E-state index contributed by atoms with van der Waals surface area (Å²) in [5.41, 5.74) is 3.04. The second-order valence-corrected chi connectivity index (χ2v) is 3.35. The van der Waals surface area contributed by atoms with E-state index in [-0.39, 0.29) is 0 Å². The highest BCUT2D eigenvalue weighted by atomic mass is 14.2. The van der Waals surface area contributed by atoms with Crippen LogP contribution < -0.4 is 0 Å². The third-order valence-corrected chi connectivity index (χ3v) is 2.60. The zero-order chi connectivity index (χ0) is 8.39. The smallest absolute Gasteiger partial charge is 0.00183 e. The molecule has 0 aliphatic heterocycles. The summed E-state index contributed by atoms with van der Waals surface area (Å²) in [6.45, 7) is 2.25. The largest absolute Gasteiger partial charge is 0.0835 e. The number of rotatable bonds is 1. The van der Waals surface area contributed by atoms with E-state index in [0.29, 0.717) is 5.92 Å². The van der Waals surface area contributed by atoms with E-state index in [1.165, 1.54) is 17.5 Å². The van der Waals surface area contributed by atoms with E-state index < -0.39 is 0 Å². The van der Waals surface area contributed by atoms with E-state index in [1.54, 1.807) is 0 Å². The molecule has 0 radical (unpaired) electrons. The van der Waals surface area contributed by atoms with Gasteiger partial charge in [0.2, 0.25) is 0 Å². The number of allylic oxidation sites excluding steroid dienone is 2. The summed E-state index contributed by atoms with van der Waals surface area (Å²) in [6.07, 6.45) is 6.96. The van der Waals surface area contributed by atoms with Crippen molar-refractivity contribution < 1.29 is 0 Å². The summed E-state index contributed by atoms with van der Waals surface area (Å²) in [6, 6.07) is 8.76. The normalized spacial score (nSPS) is 20.6. The van der Waals surface area contributed by atoms with E-state index in [9.17, 15) is 0 Å². The van der Waals surface area contributed by atoms with Crippen LogP contribution in [-0.4, -0.2) is 0 Å². The van der Waals surface area contributed by atoms with Crippen LogP contribution in [0.4, 0.5) is 0 Å². The van der Waals surface area contributed by atoms with Gasteiger partial charge in [0.25, 0.3) is 0 Å². The van der Waals surface area contributed by atoms with Crippen molar-refractivity contribution in [1.29, 1.82) is 0 Å². The molecule has 0 spiro atoms. The van der Waals surface area contributed by atoms with Gasteiger partial charge < -0.3 is 0 Å². The van der Waals surface area contributed by atoms with Crippen LogP contribution in [0, 0.1) is 0 Å². The van der Waals surface area contributed by atoms with Crippen molar-refractivity contribution in [2.45, 2.75) is 25.7 Å². The molecule has 0 aromatic heterocycles. The van der Waals surface area contributed by atoms with Crippen LogP contribution in [0.1, 0.15) is 30.4 Å². The highest BCUT2D eigenvalue weighted by Crippen LogP contribution is 2.28. The summed E-state index contributed by atoms with van der Waals surface area (Å²) >= 11 is 0. The average Bonchev–Trinajstić information content (AvgIpc) is 2.17. The number of hydrogen-bond donors (Lipinski definition) is 0. The summed E-state index contributed by atoms with van der Waals surface area (Å²) in [5, 5.41) is 0. The molecule has 1 atom stereocenters. The van der Waals surface area contributed by atoms with Gasteiger partial charge in [0, 0.05) is 5.92 Å². The van der Waals surface area contributed by atoms with Gasteiger partial charge in [-0.2, -0.15) is 0 Å². The molecule has 12 heavy (non-hydrogen) atoms. The Labute approximate surface area is 73.9 Å².